The molecule has 1 unspecified atom stereocenters. The van der Waals surface area contributed by atoms with E-state index in [-0.39, 0.29) is 11.9 Å². The summed E-state index contributed by atoms with van der Waals surface area (Å²) >= 11 is 5.13. The fourth-order valence-electron chi connectivity index (χ4n) is 2.10. The predicted octanol–water partition coefficient (Wildman–Crippen LogP) is 5.05. The third-order valence-electron chi connectivity index (χ3n) is 3.29. The first kappa shape index (κ1) is 14.6. The summed E-state index contributed by atoms with van der Waals surface area (Å²) < 4.78 is 15.4. The average molecular weight is 365 g/mol. The second kappa shape index (κ2) is 6.22. The number of benzene rings is 2. The minimum atomic E-state index is -0.220. The van der Waals surface area contributed by atoms with Crippen molar-refractivity contribution >= 4 is 37.5 Å². The zero-order valence-electron chi connectivity index (χ0n) is 11.4. The molecule has 0 fully saturated rings. The highest BCUT2D eigenvalue weighted by atomic mass is 79.9. The molecule has 3 aromatic rings. The molecule has 0 aliphatic heterocycles. The molecule has 21 heavy (non-hydrogen) atoms. The van der Waals surface area contributed by atoms with Crippen LogP contribution in [0.25, 0.3) is 10.2 Å². The number of halogens is 2. The lowest BCUT2D eigenvalue weighted by Crippen LogP contribution is -2.18. The van der Waals surface area contributed by atoms with E-state index in [1.165, 1.54) is 10.8 Å². The maximum Gasteiger partial charge on any atom is 0.123 e. The Kier molecular flexibility index (Phi) is 4.33. The molecule has 0 aliphatic rings. The van der Waals surface area contributed by atoms with E-state index in [1.54, 1.807) is 23.5 Å². The fraction of sp³-hybridized carbons (Fsp3) is 0.188. The summed E-state index contributed by atoms with van der Waals surface area (Å²) in [4.78, 5) is 4.64. The molecular formula is C16H14BrFN2S. The highest BCUT2D eigenvalue weighted by molar-refractivity contribution is 9.10. The summed E-state index contributed by atoms with van der Waals surface area (Å²) in [6, 6.07) is 13.0. The zero-order valence-corrected chi connectivity index (χ0v) is 13.8. The van der Waals surface area contributed by atoms with E-state index in [4.69, 9.17) is 0 Å². The Morgan fingerprint density at radius 2 is 2.10 bits per heavy atom. The van der Waals surface area contributed by atoms with Crippen LogP contribution in [0.5, 0.6) is 0 Å². The highest BCUT2D eigenvalue weighted by Crippen LogP contribution is 2.26. The summed E-state index contributed by atoms with van der Waals surface area (Å²) in [6.45, 7) is 2.67. The summed E-state index contributed by atoms with van der Waals surface area (Å²) in [5.41, 5.74) is 1.93. The van der Waals surface area contributed by atoms with Gasteiger partial charge in [0.15, 0.2) is 0 Å². The monoisotopic (exact) mass is 364 g/mol. The molecule has 0 bridgehead atoms. The maximum atomic E-state index is 13.3. The van der Waals surface area contributed by atoms with E-state index in [2.05, 4.69) is 39.2 Å². The van der Waals surface area contributed by atoms with E-state index >= 15 is 0 Å². The SMILES string of the molecule is CC(NCc1cc(F)ccc1Br)c1nc2ccccc2s1. The molecule has 2 aromatic carbocycles. The van der Waals surface area contributed by atoms with Crippen LogP contribution in [-0.4, -0.2) is 4.98 Å². The summed E-state index contributed by atoms with van der Waals surface area (Å²) in [6.07, 6.45) is 0. The van der Waals surface area contributed by atoms with Crippen molar-refractivity contribution in [3.8, 4) is 0 Å². The Morgan fingerprint density at radius 3 is 2.90 bits per heavy atom. The van der Waals surface area contributed by atoms with Crippen molar-refractivity contribution in [3.63, 3.8) is 0 Å². The molecule has 1 N–H and O–H groups in total. The molecular weight excluding hydrogens is 351 g/mol. The zero-order chi connectivity index (χ0) is 14.8. The summed E-state index contributed by atoms with van der Waals surface area (Å²) in [5, 5.41) is 4.44. The van der Waals surface area contributed by atoms with Crippen LogP contribution in [0.15, 0.2) is 46.9 Å². The first-order valence-corrected chi connectivity index (χ1v) is 8.27. The summed E-state index contributed by atoms with van der Waals surface area (Å²) in [5.74, 6) is -0.220. The van der Waals surface area contributed by atoms with E-state index in [0.29, 0.717) is 6.54 Å². The molecule has 3 rings (SSSR count). The van der Waals surface area contributed by atoms with Gasteiger partial charge in [0.2, 0.25) is 0 Å². The van der Waals surface area contributed by atoms with E-state index in [0.717, 1.165) is 20.6 Å². The lowest BCUT2D eigenvalue weighted by atomic mass is 10.2. The van der Waals surface area contributed by atoms with Crippen molar-refractivity contribution in [3.05, 3.63) is 63.3 Å². The Hall–Kier alpha value is -1.30. The molecule has 2 nitrogen and oxygen atoms in total. The van der Waals surface area contributed by atoms with Gasteiger partial charge < -0.3 is 5.32 Å². The van der Waals surface area contributed by atoms with Gasteiger partial charge >= 0.3 is 0 Å². The standard InChI is InChI=1S/C16H14BrFN2S/c1-10(16-20-14-4-2-3-5-15(14)21-16)19-9-11-8-12(18)6-7-13(11)17/h2-8,10,19H,9H2,1H3. The predicted molar refractivity (Wildman–Crippen MR) is 89.0 cm³/mol. The third kappa shape index (κ3) is 3.31. The van der Waals surface area contributed by atoms with Crippen LogP contribution in [0, 0.1) is 5.82 Å². The number of fused-ring (bicyclic) bond motifs is 1. The lowest BCUT2D eigenvalue weighted by molar-refractivity contribution is 0.566. The Labute approximate surface area is 135 Å². The lowest BCUT2D eigenvalue weighted by Gasteiger charge is -2.12. The van der Waals surface area contributed by atoms with Gasteiger partial charge in [-0.1, -0.05) is 28.1 Å². The third-order valence-corrected chi connectivity index (χ3v) is 5.28. The van der Waals surface area contributed by atoms with Crippen molar-refractivity contribution in [2.75, 3.05) is 0 Å². The molecule has 108 valence electrons. The fourth-order valence-corrected chi connectivity index (χ4v) is 3.49. The number of hydrogen-bond acceptors (Lipinski definition) is 3. The topological polar surface area (TPSA) is 24.9 Å². The molecule has 0 amide bonds. The van der Waals surface area contributed by atoms with Crippen molar-refractivity contribution < 1.29 is 4.39 Å². The highest BCUT2D eigenvalue weighted by Gasteiger charge is 2.11. The van der Waals surface area contributed by atoms with E-state index in [9.17, 15) is 4.39 Å². The largest absolute Gasteiger partial charge is 0.304 e. The van der Waals surface area contributed by atoms with Gasteiger partial charge in [-0.05, 0) is 42.8 Å². The Morgan fingerprint density at radius 1 is 1.29 bits per heavy atom. The van der Waals surface area contributed by atoms with Crippen LogP contribution in [0.4, 0.5) is 4.39 Å². The van der Waals surface area contributed by atoms with Gasteiger partial charge in [0.05, 0.1) is 16.3 Å². The van der Waals surface area contributed by atoms with Crippen LogP contribution in [0.2, 0.25) is 0 Å². The number of thiazole rings is 1. The number of rotatable bonds is 4. The molecule has 0 spiro atoms. The number of hydrogen-bond donors (Lipinski definition) is 1. The minimum Gasteiger partial charge on any atom is -0.304 e. The van der Waals surface area contributed by atoms with E-state index in [1.807, 2.05) is 18.2 Å². The van der Waals surface area contributed by atoms with Crippen LogP contribution in [-0.2, 0) is 6.54 Å². The second-order valence-corrected chi connectivity index (χ2v) is 6.77. The van der Waals surface area contributed by atoms with Gasteiger partial charge in [0.25, 0.3) is 0 Å². The minimum absolute atomic E-state index is 0.123. The smallest absolute Gasteiger partial charge is 0.123 e. The van der Waals surface area contributed by atoms with Gasteiger partial charge in [-0.25, -0.2) is 9.37 Å². The van der Waals surface area contributed by atoms with Crippen LogP contribution in [0.1, 0.15) is 23.5 Å². The molecule has 1 heterocycles. The maximum absolute atomic E-state index is 13.3. The van der Waals surface area contributed by atoms with Gasteiger partial charge in [-0.15, -0.1) is 11.3 Å². The molecule has 0 saturated carbocycles. The molecule has 0 saturated heterocycles. The van der Waals surface area contributed by atoms with Crippen molar-refractivity contribution in [1.29, 1.82) is 0 Å². The van der Waals surface area contributed by atoms with Crippen LogP contribution >= 0.6 is 27.3 Å². The van der Waals surface area contributed by atoms with Crippen LogP contribution in [0.3, 0.4) is 0 Å². The van der Waals surface area contributed by atoms with Gasteiger partial charge in [0.1, 0.15) is 10.8 Å². The molecule has 5 heteroatoms. The Bertz CT molecular complexity index is 739. The first-order chi connectivity index (χ1) is 10.1. The van der Waals surface area contributed by atoms with E-state index < -0.39 is 0 Å². The number of aromatic nitrogens is 1. The molecule has 1 aromatic heterocycles. The van der Waals surface area contributed by atoms with Crippen molar-refractivity contribution in [2.24, 2.45) is 0 Å². The normalized spacial score (nSPS) is 12.7. The molecule has 0 aliphatic carbocycles. The van der Waals surface area contributed by atoms with Crippen molar-refractivity contribution in [2.45, 2.75) is 19.5 Å². The second-order valence-electron chi connectivity index (χ2n) is 4.86. The number of para-hydroxylation sites is 1. The number of nitrogens with zero attached hydrogens (tertiary/aromatic N) is 1. The first-order valence-electron chi connectivity index (χ1n) is 6.66. The molecule has 0 radical (unpaired) electrons. The van der Waals surface area contributed by atoms with Crippen molar-refractivity contribution in [1.82, 2.24) is 10.3 Å². The molecule has 1 atom stereocenters. The number of nitrogens with one attached hydrogen (secondary N) is 1. The van der Waals surface area contributed by atoms with Gasteiger partial charge in [0, 0.05) is 11.0 Å². The van der Waals surface area contributed by atoms with Gasteiger partial charge in [-0.2, -0.15) is 0 Å². The summed E-state index contributed by atoms with van der Waals surface area (Å²) in [7, 11) is 0. The average Bonchev–Trinajstić information content (AvgIpc) is 2.92. The Balaban J connectivity index is 1.74. The van der Waals surface area contributed by atoms with Gasteiger partial charge in [-0.3, -0.25) is 0 Å². The quantitative estimate of drug-likeness (QED) is 0.700. The van der Waals surface area contributed by atoms with Crippen LogP contribution < -0.4 is 5.32 Å².